The highest BCUT2D eigenvalue weighted by Crippen LogP contribution is 2.12. The second-order valence-corrected chi connectivity index (χ2v) is 3.34. The van der Waals surface area contributed by atoms with Crippen LogP contribution in [0.4, 0.5) is 0 Å². The molecular formula is C10H17N3O2. The number of carbonyl (C=O) groups excluding carboxylic acids is 1. The number of aryl methyl sites for hydroxylation is 2. The van der Waals surface area contributed by atoms with Gasteiger partial charge in [-0.1, -0.05) is 0 Å². The van der Waals surface area contributed by atoms with Gasteiger partial charge in [0.05, 0.1) is 17.9 Å². The topological polar surface area (TPSA) is 67.2 Å². The quantitative estimate of drug-likeness (QED) is 0.749. The number of rotatable bonds is 4. The molecule has 0 aliphatic rings. The van der Waals surface area contributed by atoms with Crippen LogP contribution in [0.2, 0.25) is 0 Å². The molecule has 15 heavy (non-hydrogen) atoms. The fraction of sp³-hybridized carbons (Fsp3) is 0.600. The average Bonchev–Trinajstić information content (AvgIpc) is 2.50. The van der Waals surface area contributed by atoms with Gasteiger partial charge in [0.2, 0.25) is 0 Å². The van der Waals surface area contributed by atoms with Gasteiger partial charge in [-0.15, -0.1) is 0 Å². The van der Waals surface area contributed by atoms with Crippen LogP contribution in [0.5, 0.6) is 0 Å². The van der Waals surface area contributed by atoms with Gasteiger partial charge in [-0.3, -0.25) is 9.48 Å². The summed E-state index contributed by atoms with van der Waals surface area (Å²) in [7, 11) is 0. The van der Waals surface area contributed by atoms with Crippen molar-refractivity contribution in [3.63, 3.8) is 0 Å². The number of aromatic nitrogens is 2. The van der Waals surface area contributed by atoms with Gasteiger partial charge in [-0.25, -0.2) is 0 Å². The maximum Gasteiger partial charge on any atom is 0.255 e. The van der Waals surface area contributed by atoms with E-state index < -0.39 is 0 Å². The van der Waals surface area contributed by atoms with Gasteiger partial charge in [0.25, 0.3) is 5.91 Å². The van der Waals surface area contributed by atoms with E-state index in [2.05, 4.69) is 10.4 Å². The lowest BCUT2D eigenvalue weighted by Gasteiger charge is -2.03. The van der Waals surface area contributed by atoms with E-state index in [9.17, 15) is 4.79 Å². The molecule has 1 amide bonds. The number of hydrogen-bond donors (Lipinski definition) is 2. The smallest absolute Gasteiger partial charge is 0.255 e. The summed E-state index contributed by atoms with van der Waals surface area (Å²) < 4.78 is 1.79. The Morgan fingerprint density at radius 3 is 2.67 bits per heavy atom. The predicted molar refractivity (Wildman–Crippen MR) is 56.8 cm³/mol. The van der Waals surface area contributed by atoms with Crippen molar-refractivity contribution >= 4 is 5.91 Å². The van der Waals surface area contributed by atoms with Crippen molar-refractivity contribution in [2.24, 2.45) is 0 Å². The summed E-state index contributed by atoms with van der Waals surface area (Å²) in [5.41, 5.74) is 2.21. The van der Waals surface area contributed by atoms with Crippen molar-refractivity contribution < 1.29 is 9.90 Å². The predicted octanol–water partition coefficient (Wildman–Crippen LogP) is 0.242. The first-order chi connectivity index (χ1) is 7.11. The molecular weight excluding hydrogens is 194 g/mol. The van der Waals surface area contributed by atoms with E-state index in [1.165, 1.54) is 0 Å². The van der Waals surface area contributed by atoms with Crippen LogP contribution in [0.3, 0.4) is 0 Å². The molecule has 0 aliphatic carbocycles. The van der Waals surface area contributed by atoms with E-state index in [-0.39, 0.29) is 19.1 Å². The highest BCUT2D eigenvalue weighted by molar-refractivity contribution is 5.96. The summed E-state index contributed by atoms with van der Waals surface area (Å²) in [6.07, 6.45) is 0. The zero-order chi connectivity index (χ0) is 11.4. The Hall–Kier alpha value is -1.36. The van der Waals surface area contributed by atoms with Gasteiger partial charge in [0.1, 0.15) is 0 Å². The maximum atomic E-state index is 11.7. The summed E-state index contributed by atoms with van der Waals surface area (Å²) in [5, 5.41) is 15.5. The van der Waals surface area contributed by atoms with Crippen LogP contribution in [0.25, 0.3) is 0 Å². The molecule has 1 heterocycles. The van der Waals surface area contributed by atoms with Crippen LogP contribution < -0.4 is 5.32 Å². The van der Waals surface area contributed by atoms with E-state index in [0.717, 1.165) is 17.9 Å². The van der Waals surface area contributed by atoms with Crippen LogP contribution in [-0.2, 0) is 6.54 Å². The first-order valence-electron chi connectivity index (χ1n) is 5.04. The van der Waals surface area contributed by atoms with Crippen molar-refractivity contribution in [1.82, 2.24) is 15.1 Å². The van der Waals surface area contributed by atoms with Gasteiger partial charge < -0.3 is 10.4 Å². The Morgan fingerprint density at radius 2 is 2.20 bits per heavy atom. The maximum absolute atomic E-state index is 11.7. The largest absolute Gasteiger partial charge is 0.395 e. The van der Waals surface area contributed by atoms with E-state index >= 15 is 0 Å². The number of aliphatic hydroxyl groups is 1. The number of nitrogens with zero attached hydrogens (tertiary/aromatic N) is 2. The number of hydrogen-bond acceptors (Lipinski definition) is 3. The third kappa shape index (κ3) is 2.36. The molecule has 0 saturated heterocycles. The van der Waals surface area contributed by atoms with Gasteiger partial charge in [0, 0.05) is 18.8 Å². The lowest BCUT2D eigenvalue weighted by Crippen LogP contribution is -2.27. The van der Waals surface area contributed by atoms with Crippen molar-refractivity contribution in [3.8, 4) is 0 Å². The molecule has 2 N–H and O–H groups in total. The van der Waals surface area contributed by atoms with Gasteiger partial charge in [-0.2, -0.15) is 5.10 Å². The minimum atomic E-state index is -0.168. The zero-order valence-electron chi connectivity index (χ0n) is 9.37. The van der Waals surface area contributed by atoms with Gasteiger partial charge >= 0.3 is 0 Å². The molecule has 0 bridgehead atoms. The van der Waals surface area contributed by atoms with Crippen LogP contribution in [0.15, 0.2) is 0 Å². The van der Waals surface area contributed by atoms with E-state index in [1.54, 1.807) is 4.68 Å². The summed E-state index contributed by atoms with van der Waals surface area (Å²) in [5.74, 6) is -0.168. The Bertz CT molecular complexity index is 358. The molecule has 0 aliphatic heterocycles. The fourth-order valence-corrected chi connectivity index (χ4v) is 1.59. The zero-order valence-corrected chi connectivity index (χ0v) is 9.37. The summed E-state index contributed by atoms with van der Waals surface area (Å²) in [6.45, 7) is 6.64. The molecule has 84 valence electrons. The van der Waals surface area contributed by atoms with Crippen LogP contribution in [0.1, 0.15) is 28.7 Å². The Morgan fingerprint density at radius 1 is 1.53 bits per heavy atom. The molecule has 0 unspecified atom stereocenters. The first kappa shape index (κ1) is 11.7. The highest BCUT2D eigenvalue weighted by Gasteiger charge is 2.17. The molecule has 0 aromatic carbocycles. The number of carbonyl (C=O) groups is 1. The normalized spacial score (nSPS) is 10.4. The summed E-state index contributed by atoms with van der Waals surface area (Å²) >= 11 is 0. The number of amides is 1. The monoisotopic (exact) mass is 211 g/mol. The molecule has 1 aromatic rings. The Kier molecular flexibility index (Phi) is 3.85. The van der Waals surface area contributed by atoms with Crippen molar-refractivity contribution in [1.29, 1.82) is 0 Å². The molecule has 1 aromatic heterocycles. The standard InChI is InChI=1S/C10H17N3O2/c1-4-13-8(3)9(7(2)12-13)10(15)11-5-6-14/h14H,4-6H2,1-3H3,(H,11,15). The average molecular weight is 211 g/mol. The van der Waals surface area contributed by atoms with Crippen LogP contribution in [0, 0.1) is 13.8 Å². The number of aliphatic hydroxyl groups excluding tert-OH is 1. The fourth-order valence-electron chi connectivity index (χ4n) is 1.59. The van der Waals surface area contributed by atoms with Gasteiger partial charge in [-0.05, 0) is 20.8 Å². The third-order valence-corrected chi connectivity index (χ3v) is 2.31. The number of nitrogens with one attached hydrogen (secondary N) is 1. The van der Waals surface area contributed by atoms with Crippen LogP contribution in [-0.4, -0.2) is 33.9 Å². The first-order valence-corrected chi connectivity index (χ1v) is 5.04. The highest BCUT2D eigenvalue weighted by atomic mass is 16.3. The van der Waals surface area contributed by atoms with E-state index in [1.807, 2.05) is 20.8 Å². The molecule has 0 fully saturated rings. The van der Waals surface area contributed by atoms with Crippen molar-refractivity contribution in [3.05, 3.63) is 17.0 Å². The second-order valence-electron chi connectivity index (χ2n) is 3.34. The Balaban J connectivity index is 2.93. The second kappa shape index (κ2) is 4.93. The SMILES string of the molecule is CCn1nc(C)c(C(=O)NCCO)c1C. The summed E-state index contributed by atoms with van der Waals surface area (Å²) in [6, 6.07) is 0. The third-order valence-electron chi connectivity index (χ3n) is 2.31. The molecule has 0 atom stereocenters. The molecule has 0 radical (unpaired) electrons. The molecule has 0 spiro atoms. The minimum absolute atomic E-state index is 0.0499. The molecule has 0 saturated carbocycles. The van der Waals surface area contributed by atoms with E-state index in [4.69, 9.17) is 5.11 Å². The van der Waals surface area contributed by atoms with E-state index in [0.29, 0.717) is 5.56 Å². The minimum Gasteiger partial charge on any atom is -0.395 e. The lowest BCUT2D eigenvalue weighted by molar-refractivity contribution is 0.0943. The van der Waals surface area contributed by atoms with Crippen molar-refractivity contribution in [2.45, 2.75) is 27.3 Å². The van der Waals surface area contributed by atoms with Gasteiger partial charge in [0.15, 0.2) is 0 Å². The molecule has 1 rings (SSSR count). The van der Waals surface area contributed by atoms with Crippen LogP contribution >= 0.6 is 0 Å². The van der Waals surface area contributed by atoms with Crippen molar-refractivity contribution in [2.75, 3.05) is 13.2 Å². The molecule has 5 heteroatoms. The molecule has 5 nitrogen and oxygen atoms in total. The lowest BCUT2D eigenvalue weighted by atomic mass is 10.2. The Labute approximate surface area is 89.1 Å². The summed E-state index contributed by atoms with van der Waals surface area (Å²) in [4.78, 5) is 11.7.